The van der Waals surface area contributed by atoms with Crippen LogP contribution < -0.4 is 10.1 Å². The minimum absolute atomic E-state index is 0.101. The third-order valence-electron chi connectivity index (χ3n) is 5.78. The molecule has 2 aromatic carbocycles. The summed E-state index contributed by atoms with van der Waals surface area (Å²) in [5.41, 5.74) is 3.22. The molecule has 182 valence electrons. The van der Waals surface area contributed by atoms with E-state index in [2.05, 4.69) is 41.5 Å². The summed E-state index contributed by atoms with van der Waals surface area (Å²) in [5, 5.41) is 12.2. The summed E-state index contributed by atoms with van der Waals surface area (Å²) >= 11 is 1.33. The summed E-state index contributed by atoms with van der Waals surface area (Å²) in [7, 11) is 0. The smallest absolute Gasteiger partial charge is 0.234 e. The molecule has 0 aliphatic heterocycles. The average molecular weight is 491 g/mol. The minimum atomic E-state index is -0.101. The van der Waals surface area contributed by atoms with E-state index >= 15 is 0 Å². The molecular weight excluding hydrogens is 460 g/mol. The van der Waals surface area contributed by atoms with Crippen molar-refractivity contribution in [3.05, 3.63) is 89.6 Å². The third-order valence-corrected chi connectivity index (χ3v) is 6.75. The highest BCUT2D eigenvalue weighted by molar-refractivity contribution is 7.99. The van der Waals surface area contributed by atoms with Gasteiger partial charge in [-0.2, -0.15) is 0 Å². The molecular formula is C27H30N4O3S. The van der Waals surface area contributed by atoms with Crippen LogP contribution in [0.1, 0.15) is 48.9 Å². The fourth-order valence-electron chi connectivity index (χ4n) is 3.49. The van der Waals surface area contributed by atoms with Crippen molar-refractivity contribution in [3.8, 4) is 5.75 Å². The summed E-state index contributed by atoms with van der Waals surface area (Å²) in [4.78, 5) is 12.6. The van der Waals surface area contributed by atoms with E-state index in [-0.39, 0.29) is 18.3 Å². The van der Waals surface area contributed by atoms with Crippen LogP contribution in [0.4, 0.5) is 5.69 Å². The molecule has 1 atom stereocenters. The van der Waals surface area contributed by atoms with E-state index in [1.165, 1.54) is 22.9 Å². The molecule has 0 radical (unpaired) electrons. The molecule has 0 unspecified atom stereocenters. The molecule has 4 rings (SSSR count). The number of amides is 1. The second-order valence-electron chi connectivity index (χ2n) is 8.43. The Morgan fingerprint density at radius 3 is 2.57 bits per heavy atom. The van der Waals surface area contributed by atoms with Gasteiger partial charge >= 0.3 is 0 Å². The maximum atomic E-state index is 12.6. The molecule has 0 aliphatic carbocycles. The molecule has 8 heteroatoms. The van der Waals surface area contributed by atoms with Crippen LogP contribution in [0.5, 0.6) is 5.75 Å². The van der Waals surface area contributed by atoms with Crippen LogP contribution in [-0.4, -0.2) is 26.4 Å². The van der Waals surface area contributed by atoms with E-state index in [9.17, 15) is 4.79 Å². The normalized spacial score (nSPS) is 11.9. The lowest BCUT2D eigenvalue weighted by molar-refractivity contribution is -0.113. The van der Waals surface area contributed by atoms with Crippen LogP contribution in [-0.2, 0) is 17.9 Å². The highest BCUT2D eigenvalue weighted by Gasteiger charge is 2.16. The van der Waals surface area contributed by atoms with Crippen LogP contribution >= 0.6 is 11.8 Å². The number of benzene rings is 2. The van der Waals surface area contributed by atoms with Gasteiger partial charge in [-0.1, -0.05) is 55.4 Å². The van der Waals surface area contributed by atoms with Crippen LogP contribution in [0, 0.1) is 6.92 Å². The monoisotopic (exact) mass is 490 g/mol. The van der Waals surface area contributed by atoms with Gasteiger partial charge in [0.25, 0.3) is 0 Å². The number of carbonyl (C=O) groups is 1. The molecule has 0 bridgehead atoms. The van der Waals surface area contributed by atoms with Gasteiger partial charge in [0.1, 0.15) is 18.1 Å². The number of furan rings is 1. The maximum absolute atomic E-state index is 12.6. The van der Waals surface area contributed by atoms with Crippen molar-refractivity contribution in [2.24, 2.45) is 0 Å². The van der Waals surface area contributed by atoms with Gasteiger partial charge in [0, 0.05) is 5.69 Å². The van der Waals surface area contributed by atoms with E-state index in [0.717, 1.165) is 23.6 Å². The van der Waals surface area contributed by atoms with Crippen molar-refractivity contribution in [1.29, 1.82) is 0 Å². The molecule has 4 aromatic rings. The molecule has 0 fully saturated rings. The molecule has 7 nitrogen and oxygen atoms in total. The predicted octanol–water partition coefficient (Wildman–Crippen LogP) is 6.05. The van der Waals surface area contributed by atoms with Crippen molar-refractivity contribution >= 4 is 23.4 Å². The first kappa shape index (κ1) is 24.6. The molecule has 0 spiro atoms. The number of nitrogens with zero attached hydrogens (tertiary/aromatic N) is 3. The highest BCUT2D eigenvalue weighted by atomic mass is 32.2. The van der Waals surface area contributed by atoms with Gasteiger partial charge in [-0.15, -0.1) is 10.2 Å². The number of thioether (sulfide) groups is 1. The first-order valence-corrected chi connectivity index (χ1v) is 12.7. The zero-order chi connectivity index (χ0) is 24.6. The van der Waals surface area contributed by atoms with E-state index in [1.54, 1.807) is 6.26 Å². The number of nitrogens with one attached hydrogen (secondary N) is 1. The van der Waals surface area contributed by atoms with Crippen molar-refractivity contribution in [1.82, 2.24) is 14.8 Å². The van der Waals surface area contributed by atoms with Gasteiger partial charge in [-0.05, 0) is 61.2 Å². The van der Waals surface area contributed by atoms with E-state index < -0.39 is 0 Å². The Labute approximate surface area is 209 Å². The molecule has 35 heavy (non-hydrogen) atoms. The average Bonchev–Trinajstić information content (AvgIpc) is 3.53. The Hall–Kier alpha value is -3.52. The highest BCUT2D eigenvalue weighted by Crippen LogP contribution is 2.23. The largest absolute Gasteiger partial charge is 0.486 e. The topological polar surface area (TPSA) is 82.2 Å². The summed E-state index contributed by atoms with van der Waals surface area (Å²) in [5.74, 6) is 2.80. The maximum Gasteiger partial charge on any atom is 0.234 e. The van der Waals surface area contributed by atoms with Gasteiger partial charge in [0.15, 0.2) is 11.0 Å². The van der Waals surface area contributed by atoms with Gasteiger partial charge in [-0.3, -0.25) is 9.36 Å². The van der Waals surface area contributed by atoms with E-state index in [4.69, 9.17) is 9.15 Å². The Morgan fingerprint density at radius 1 is 1.11 bits per heavy atom. The molecule has 0 aliphatic rings. The number of ether oxygens (including phenoxy) is 1. The van der Waals surface area contributed by atoms with Crippen molar-refractivity contribution in [3.63, 3.8) is 0 Å². The number of aromatic nitrogens is 3. The van der Waals surface area contributed by atoms with Gasteiger partial charge < -0.3 is 14.5 Å². The second-order valence-corrected chi connectivity index (χ2v) is 9.38. The van der Waals surface area contributed by atoms with Gasteiger partial charge in [-0.25, -0.2) is 0 Å². The second kappa shape index (κ2) is 11.8. The lowest BCUT2D eigenvalue weighted by atomic mass is 9.99. The Kier molecular flexibility index (Phi) is 8.26. The molecule has 2 aromatic heterocycles. The number of hydrogen-bond acceptors (Lipinski definition) is 6. The number of hydrogen-bond donors (Lipinski definition) is 1. The van der Waals surface area contributed by atoms with E-state index in [1.807, 2.05) is 60.0 Å². The SMILES string of the molecule is CC[C@H](C)c1ccc(NC(=O)CSc2nnc(COc3ccc(C)cc3)n2Cc2ccco2)cc1. The Bertz CT molecular complexity index is 1220. The first-order valence-electron chi connectivity index (χ1n) is 11.7. The molecule has 1 N–H and O–H groups in total. The Morgan fingerprint density at radius 2 is 1.89 bits per heavy atom. The summed E-state index contributed by atoms with van der Waals surface area (Å²) in [6, 6.07) is 19.6. The number of aryl methyl sites for hydroxylation is 1. The summed E-state index contributed by atoms with van der Waals surface area (Å²) in [6.07, 6.45) is 2.72. The summed E-state index contributed by atoms with van der Waals surface area (Å²) < 4.78 is 13.4. The van der Waals surface area contributed by atoms with Crippen molar-refractivity contribution in [2.45, 2.75) is 51.4 Å². The lowest BCUT2D eigenvalue weighted by Crippen LogP contribution is -2.15. The molecule has 2 heterocycles. The fraction of sp³-hybridized carbons (Fsp3) is 0.296. The predicted molar refractivity (Wildman–Crippen MR) is 138 cm³/mol. The van der Waals surface area contributed by atoms with Crippen LogP contribution in [0.3, 0.4) is 0 Å². The molecule has 1 amide bonds. The minimum Gasteiger partial charge on any atom is -0.486 e. The van der Waals surface area contributed by atoms with Crippen LogP contribution in [0.15, 0.2) is 76.5 Å². The number of rotatable bonds is 11. The zero-order valence-corrected chi connectivity index (χ0v) is 21.0. The van der Waals surface area contributed by atoms with Gasteiger partial charge in [0.05, 0.1) is 18.6 Å². The first-order chi connectivity index (χ1) is 17.0. The Balaban J connectivity index is 1.40. The molecule has 0 saturated heterocycles. The quantitative estimate of drug-likeness (QED) is 0.258. The molecule has 0 saturated carbocycles. The van der Waals surface area contributed by atoms with Crippen LogP contribution in [0.2, 0.25) is 0 Å². The number of anilines is 1. The zero-order valence-electron chi connectivity index (χ0n) is 20.2. The van der Waals surface area contributed by atoms with Crippen molar-refractivity contribution < 1.29 is 13.9 Å². The third kappa shape index (κ3) is 6.76. The lowest BCUT2D eigenvalue weighted by Gasteiger charge is -2.11. The fourth-order valence-corrected chi connectivity index (χ4v) is 4.25. The summed E-state index contributed by atoms with van der Waals surface area (Å²) in [6.45, 7) is 7.11. The number of carbonyl (C=O) groups excluding carboxylic acids is 1. The van der Waals surface area contributed by atoms with Crippen LogP contribution in [0.25, 0.3) is 0 Å². The van der Waals surface area contributed by atoms with E-state index in [0.29, 0.717) is 23.4 Å². The van der Waals surface area contributed by atoms with Gasteiger partial charge in [0.2, 0.25) is 5.91 Å². The van der Waals surface area contributed by atoms with Crippen molar-refractivity contribution in [2.75, 3.05) is 11.1 Å². The standard InChI is InChI=1S/C27H30N4O3S/c1-4-20(3)21-9-11-22(12-10-21)28-26(32)18-35-27-30-29-25(31(27)16-24-6-5-15-33-24)17-34-23-13-7-19(2)8-14-23/h5-15,20H,4,16-18H2,1-3H3,(H,28,32)/t20-/m0/s1.